The van der Waals surface area contributed by atoms with Gasteiger partial charge in [-0.15, -0.1) is 0 Å². The molecule has 3 aromatic rings. The van der Waals surface area contributed by atoms with E-state index in [1.165, 1.54) is 16.8 Å². The molecule has 0 amide bonds. The number of halogens is 3. The molecule has 1 N–H and O–H groups in total. The van der Waals surface area contributed by atoms with Crippen molar-refractivity contribution in [3.05, 3.63) is 64.2 Å². The minimum Gasteiger partial charge on any atom is -0.361 e. The molecule has 0 atom stereocenters. The van der Waals surface area contributed by atoms with E-state index < -0.39 is 11.7 Å². The maximum atomic E-state index is 12.7. The van der Waals surface area contributed by atoms with Crippen molar-refractivity contribution in [2.24, 2.45) is 7.05 Å². The van der Waals surface area contributed by atoms with Gasteiger partial charge in [-0.1, -0.05) is 12.1 Å². The topological polar surface area (TPSA) is 59.8 Å². The first-order valence-corrected chi connectivity index (χ1v) is 7.07. The van der Waals surface area contributed by atoms with Crippen molar-refractivity contribution in [2.75, 3.05) is 5.32 Å². The second kappa shape index (κ2) is 5.95. The molecule has 0 saturated heterocycles. The first-order valence-electron chi connectivity index (χ1n) is 7.07. The summed E-state index contributed by atoms with van der Waals surface area (Å²) in [6.45, 7) is 0.0583. The van der Waals surface area contributed by atoms with Crippen molar-refractivity contribution in [1.29, 1.82) is 0 Å². The number of fused-ring (bicyclic) bond motifs is 1. The molecule has 2 heterocycles. The number of alkyl halides is 3. The van der Waals surface area contributed by atoms with Gasteiger partial charge in [-0.2, -0.15) is 13.2 Å². The summed E-state index contributed by atoms with van der Waals surface area (Å²) < 4.78 is 39.6. The van der Waals surface area contributed by atoms with Crippen LogP contribution < -0.4 is 10.9 Å². The molecule has 0 spiro atoms. The Bertz CT molecular complexity index is 950. The summed E-state index contributed by atoms with van der Waals surface area (Å²) in [7, 11) is 1.59. The molecule has 0 bridgehead atoms. The Morgan fingerprint density at radius 1 is 1.25 bits per heavy atom. The molecule has 2 aromatic heterocycles. The lowest BCUT2D eigenvalue weighted by molar-refractivity contribution is -0.137. The zero-order chi connectivity index (χ0) is 17.3. The molecule has 5 nitrogen and oxygen atoms in total. The molecular weight excluding hydrogens is 321 g/mol. The summed E-state index contributed by atoms with van der Waals surface area (Å²) in [4.78, 5) is 20.4. The number of anilines is 1. The highest BCUT2D eigenvalue weighted by Crippen LogP contribution is 2.29. The van der Waals surface area contributed by atoms with E-state index in [1.54, 1.807) is 25.4 Å². The number of aromatic nitrogens is 3. The molecule has 0 fully saturated rings. The van der Waals surface area contributed by atoms with Crippen LogP contribution in [0.4, 0.5) is 19.0 Å². The first-order chi connectivity index (χ1) is 11.4. The fourth-order valence-electron chi connectivity index (χ4n) is 2.33. The van der Waals surface area contributed by atoms with E-state index in [9.17, 15) is 18.0 Å². The average Bonchev–Trinajstić information content (AvgIpc) is 2.56. The van der Waals surface area contributed by atoms with Gasteiger partial charge in [0.15, 0.2) is 5.82 Å². The number of pyridine rings is 1. The van der Waals surface area contributed by atoms with Crippen molar-refractivity contribution in [3.8, 4) is 0 Å². The van der Waals surface area contributed by atoms with Crippen LogP contribution in [0.15, 0.2) is 47.5 Å². The monoisotopic (exact) mass is 334 g/mol. The summed E-state index contributed by atoms with van der Waals surface area (Å²) in [6, 6.07) is 6.59. The molecule has 1 aromatic carbocycles. The molecule has 8 heteroatoms. The summed E-state index contributed by atoms with van der Waals surface area (Å²) >= 11 is 0. The van der Waals surface area contributed by atoms with Gasteiger partial charge in [0.05, 0.1) is 22.8 Å². The van der Waals surface area contributed by atoms with Gasteiger partial charge in [0.25, 0.3) is 5.56 Å². The molecular formula is C16H13F3N4O. The lowest BCUT2D eigenvalue weighted by atomic mass is 10.1. The minimum atomic E-state index is -4.40. The zero-order valence-electron chi connectivity index (χ0n) is 12.6. The van der Waals surface area contributed by atoms with Crippen LogP contribution in [0.2, 0.25) is 0 Å². The van der Waals surface area contributed by atoms with Crippen LogP contribution in [0, 0.1) is 0 Å². The molecule has 0 saturated carbocycles. The second-order valence-corrected chi connectivity index (χ2v) is 5.24. The predicted octanol–water partition coefficient (Wildman–Crippen LogP) is 2.96. The lowest BCUT2D eigenvalue weighted by Gasteiger charge is -2.11. The van der Waals surface area contributed by atoms with E-state index >= 15 is 0 Å². The Labute approximate surface area is 134 Å². The van der Waals surface area contributed by atoms with E-state index in [4.69, 9.17) is 0 Å². The molecule has 24 heavy (non-hydrogen) atoms. The number of benzene rings is 1. The summed E-state index contributed by atoms with van der Waals surface area (Å²) in [5, 5.41) is 2.81. The second-order valence-electron chi connectivity index (χ2n) is 5.24. The van der Waals surface area contributed by atoms with E-state index in [2.05, 4.69) is 15.3 Å². The summed E-state index contributed by atoms with van der Waals surface area (Å²) in [5.74, 6) is 0.0774. The highest BCUT2D eigenvalue weighted by atomic mass is 19.4. The number of aryl methyl sites for hydroxylation is 1. The SMILES string of the molecule is Cn1c(=O)c(NCc2cccc(C(F)(F)F)c2)nc2ccncc21. The number of nitrogens with one attached hydrogen (secondary N) is 1. The summed E-state index contributed by atoms with van der Waals surface area (Å²) in [6.07, 6.45) is -1.32. The normalized spacial score (nSPS) is 11.7. The van der Waals surface area contributed by atoms with Gasteiger partial charge < -0.3 is 9.88 Å². The maximum absolute atomic E-state index is 12.7. The van der Waals surface area contributed by atoms with Crippen molar-refractivity contribution < 1.29 is 13.2 Å². The molecule has 0 radical (unpaired) electrons. The highest BCUT2D eigenvalue weighted by Gasteiger charge is 2.30. The lowest BCUT2D eigenvalue weighted by Crippen LogP contribution is -2.23. The van der Waals surface area contributed by atoms with Crippen LogP contribution in [0.5, 0.6) is 0 Å². The smallest absolute Gasteiger partial charge is 0.361 e. The largest absolute Gasteiger partial charge is 0.416 e. The fraction of sp³-hybridized carbons (Fsp3) is 0.188. The Morgan fingerprint density at radius 2 is 2.04 bits per heavy atom. The van der Waals surface area contributed by atoms with E-state index in [0.717, 1.165) is 12.1 Å². The van der Waals surface area contributed by atoms with Gasteiger partial charge in [0.2, 0.25) is 0 Å². The van der Waals surface area contributed by atoms with Crippen molar-refractivity contribution in [3.63, 3.8) is 0 Å². The number of hydrogen-bond donors (Lipinski definition) is 1. The minimum absolute atomic E-state index is 0.0583. The number of nitrogens with zero attached hydrogens (tertiary/aromatic N) is 3. The zero-order valence-corrected chi connectivity index (χ0v) is 12.6. The van der Waals surface area contributed by atoms with Gasteiger partial charge >= 0.3 is 6.18 Å². The van der Waals surface area contributed by atoms with Crippen LogP contribution in [0.25, 0.3) is 11.0 Å². The van der Waals surface area contributed by atoms with Gasteiger partial charge in [-0.3, -0.25) is 9.78 Å². The third-order valence-corrected chi connectivity index (χ3v) is 3.59. The molecule has 0 aliphatic heterocycles. The van der Waals surface area contributed by atoms with Crippen LogP contribution in [0.1, 0.15) is 11.1 Å². The van der Waals surface area contributed by atoms with Gasteiger partial charge in [0.1, 0.15) is 0 Å². The highest BCUT2D eigenvalue weighted by molar-refractivity contribution is 5.74. The first kappa shape index (κ1) is 16.0. The Hall–Kier alpha value is -2.90. The van der Waals surface area contributed by atoms with Crippen LogP contribution >= 0.6 is 0 Å². The van der Waals surface area contributed by atoms with Crippen molar-refractivity contribution in [2.45, 2.75) is 12.7 Å². The van der Waals surface area contributed by atoms with Gasteiger partial charge in [0, 0.05) is 19.8 Å². The third kappa shape index (κ3) is 3.08. The Kier molecular flexibility index (Phi) is 3.96. The van der Waals surface area contributed by atoms with E-state index in [1.807, 2.05) is 0 Å². The Balaban J connectivity index is 1.89. The standard InChI is InChI=1S/C16H13F3N4O/c1-23-13-9-20-6-5-12(13)22-14(15(23)24)21-8-10-3-2-4-11(7-10)16(17,18)19/h2-7,9H,8H2,1H3,(H,21,22). The molecule has 124 valence electrons. The maximum Gasteiger partial charge on any atom is 0.416 e. The van der Waals surface area contributed by atoms with Gasteiger partial charge in [-0.05, 0) is 23.8 Å². The van der Waals surface area contributed by atoms with Crippen LogP contribution in [-0.2, 0) is 19.8 Å². The van der Waals surface area contributed by atoms with E-state index in [-0.39, 0.29) is 17.9 Å². The van der Waals surface area contributed by atoms with Crippen LogP contribution in [0.3, 0.4) is 0 Å². The predicted molar refractivity (Wildman–Crippen MR) is 83.5 cm³/mol. The van der Waals surface area contributed by atoms with Gasteiger partial charge in [-0.25, -0.2) is 4.98 Å². The molecule has 0 aliphatic carbocycles. The fourth-order valence-corrected chi connectivity index (χ4v) is 2.33. The number of hydrogen-bond acceptors (Lipinski definition) is 4. The quantitative estimate of drug-likeness (QED) is 0.800. The van der Waals surface area contributed by atoms with Crippen molar-refractivity contribution in [1.82, 2.24) is 14.5 Å². The van der Waals surface area contributed by atoms with Crippen molar-refractivity contribution >= 4 is 16.9 Å². The third-order valence-electron chi connectivity index (χ3n) is 3.59. The molecule has 0 aliphatic rings. The Morgan fingerprint density at radius 3 is 2.79 bits per heavy atom. The number of rotatable bonds is 3. The summed E-state index contributed by atoms with van der Waals surface area (Å²) in [5.41, 5.74) is 0.448. The van der Waals surface area contributed by atoms with Crippen LogP contribution in [-0.4, -0.2) is 14.5 Å². The average molecular weight is 334 g/mol. The molecule has 0 unspecified atom stereocenters. The van der Waals surface area contributed by atoms with E-state index in [0.29, 0.717) is 16.6 Å². The molecule has 3 rings (SSSR count).